The molecule has 0 spiro atoms. The molecule has 0 heterocycles. The number of ether oxygens (including phenoxy) is 1. The summed E-state index contributed by atoms with van der Waals surface area (Å²) in [5, 5.41) is 0. The highest BCUT2D eigenvalue weighted by Gasteiger charge is 2.42. The van der Waals surface area contributed by atoms with E-state index in [9.17, 15) is 4.79 Å². The predicted molar refractivity (Wildman–Crippen MR) is 66.4 cm³/mol. The van der Waals surface area contributed by atoms with Crippen LogP contribution in [0.4, 0.5) is 0 Å². The summed E-state index contributed by atoms with van der Waals surface area (Å²) < 4.78 is 21.8. The van der Waals surface area contributed by atoms with Gasteiger partial charge >= 0.3 is 14.8 Å². The fourth-order valence-corrected chi connectivity index (χ4v) is 3.37. The molecule has 6 heteroatoms. The van der Waals surface area contributed by atoms with E-state index in [0.717, 1.165) is 0 Å². The highest BCUT2D eigenvalue weighted by atomic mass is 28.4. The van der Waals surface area contributed by atoms with Gasteiger partial charge in [0.05, 0.1) is 5.92 Å². The second-order valence-electron chi connectivity index (χ2n) is 3.74. The van der Waals surface area contributed by atoms with E-state index in [-0.39, 0.29) is 18.1 Å². The van der Waals surface area contributed by atoms with Crippen LogP contribution < -0.4 is 0 Å². The molecule has 0 aliphatic rings. The Kier molecular flexibility index (Phi) is 8.41. The molecule has 0 aliphatic carbocycles. The molecule has 102 valence electrons. The lowest BCUT2D eigenvalue weighted by Gasteiger charge is -2.27. The van der Waals surface area contributed by atoms with Crippen molar-refractivity contribution in [2.75, 3.05) is 26.1 Å². The molecule has 0 aromatic carbocycles. The van der Waals surface area contributed by atoms with Crippen molar-refractivity contribution in [3.63, 3.8) is 0 Å². The van der Waals surface area contributed by atoms with Crippen LogP contribution in [0.25, 0.3) is 0 Å². The van der Waals surface area contributed by atoms with Crippen LogP contribution in [0.15, 0.2) is 0 Å². The van der Waals surface area contributed by atoms with Gasteiger partial charge in [0, 0.05) is 19.8 Å². The molecular weight excluding hydrogens is 240 g/mol. The maximum absolute atomic E-state index is 11.4. The number of rotatable bonds is 9. The van der Waals surface area contributed by atoms with E-state index in [1.807, 2.05) is 20.8 Å². The quantitative estimate of drug-likeness (QED) is 0.469. The molecule has 0 aliphatic heterocycles. The molecule has 17 heavy (non-hydrogen) atoms. The van der Waals surface area contributed by atoms with Crippen molar-refractivity contribution in [2.45, 2.75) is 34.6 Å². The molecule has 0 saturated heterocycles. The SMILES string of the molecule is CCO[Si](COC(=O)C(C)C)(OCC)OCC. The van der Waals surface area contributed by atoms with Crippen LogP contribution in [0.1, 0.15) is 34.6 Å². The van der Waals surface area contributed by atoms with Gasteiger partial charge in [-0.25, -0.2) is 0 Å². The third-order valence-corrected chi connectivity index (χ3v) is 4.64. The second kappa shape index (κ2) is 8.63. The summed E-state index contributed by atoms with van der Waals surface area (Å²) in [5.74, 6) is -0.424. The zero-order valence-electron chi connectivity index (χ0n) is 11.4. The minimum atomic E-state index is -2.85. The Morgan fingerprint density at radius 1 is 1.00 bits per heavy atom. The van der Waals surface area contributed by atoms with Gasteiger partial charge in [0.25, 0.3) is 0 Å². The van der Waals surface area contributed by atoms with Crippen LogP contribution in [0.5, 0.6) is 0 Å². The molecule has 0 atom stereocenters. The van der Waals surface area contributed by atoms with Gasteiger partial charge < -0.3 is 18.0 Å². The summed E-state index contributed by atoms with van der Waals surface area (Å²) >= 11 is 0. The monoisotopic (exact) mass is 264 g/mol. The van der Waals surface area contributed by atoms with Gasteiger partial charge in [0.2, 0.25) is 0 Å². The molecule has 0 N–H and O–H groups in total. The van der Waals surface area contributed by atoms with Gasteiger partial charge in [-0.3, -0.25) is 4.79 Å². The maximum Gasteiger partial charge on any atom is 0.540 e. The summed E-state index contributed by atoms with van der Waals surface area (Å²) in [6.45, 7) is 10.6. The minimum Gasteiger partial charge on any atom is -0.461 e. The molecule has 0 unspecified atom stereocenters. The summed E-state index contributed by atoms with van der Waals surface area (Å²) in [6, 6.07) is 0. The van der Waals surface area contributed by atoms with Gasteiger partial charge in [0.1, 0.15) is 0 Å². The van der Waals surface area contributed by atoms with Crippen molar-refractivity contribution in [3.05, 3.63) is 0 Å². The van der Waals surface area contributed by atoms with E-state index in [1.165, 1.54) is 0 Å². The predicted octanol–water partition coefficient (Wildman–Crippen LogP) is 1.77. The first-order valence-electron chi connectivity index (χ1n) is 6.09. The zero-order chi connectivity index (χ0) is 13.3. The lowest BCUT2D eigenvalue weighted by molar-refractivity contribution is -0.147. The second-order valence-corrected chi connectivity index (χ2v) is 6.27. The summed E-state index contributed by atoms with van der Waals surface area (Å²) in [5.41, 5.74) is 0. The Balaban J connectivity index is 4.48. The number of esters is 1. The van der Waals surface area contributed by atoms with Crippen molar-refractivity contribution in [1.29, 1.82) is 0 Å². The third-order valence-electron chi connectivity index (χ3n) is 1.96. The first kappa shape index (κ1) is 16.6. The first-order valence-corrected chi connectivity index (χ1v) is 8.03. The fraction of sp³-hybridized carbons (Fsp3) is 0.909. The van der Waals surface area contributed by atoms with Crippen molar-refractivity contribution >= 4 is 14.8 Å². The summed E-state index contributed by atoms with van der Waals surface area (Å²) in [6.07, 6.45) is 0.0829. The van der Waals surface area contributed by atoms with E-state index in [4.69, 9.17) is 18.0 Å². The van der Waals surface area contributed by atoms with Gasteiger partial charge in [-0.15, -0.1) is 0 Å². The topological polar surface area (TPSA) is 54.0 Å². The van der Waals surface area contributed by atoms with Crippen LogP contribution in [-0.2, 0) is 22.8 Å². The van der Waals surface area contributed by atoms with Crippen molar-refractivity contribution in [3.8, 4) is 0 Å². The molecule has 0 bridgehead atoms. The average molecular weight is 264 g/mol. The Morgan fingerprint density at radius 3 is 1.71 bits per heavy atom. The highest BCUT2D eigenvalue weighted by Crippen LogP contribution is 2.12. The van der Waals surface area contributed by atoms with E-state index in [2.05, 4.69) is 0 Å². The molecule has 0 saturated carbocycles. The fourth-order valence-electron chi connectivity index (χ4n) is 1.24. The van der Waals surface area contributed by atoms with E-state index in [0.29, 0.717) is 19.8 Å². The third kappa shape index (κ3) is 6.16. The number of carbonyl (C=O) groups excluding carboxylic acids is 1. The Labute approximate surface area is 105 Å². The van der Waals surface area contributed by atoms with E-state index < -0.39 is 8.80 Å². The summed E-state index contributed by atoms with van der Waals surface area (Å²) in [7, 11) is -2.85. The van der Waals surface area contributed by atoms with Gasteiger partial charge in [-0.05, 0) is 20.8 Å². The molecule has 0 aromatic rings. The highest BCUT2D eigenvalue weighted by molar-refractivity contribution is 6.60. The number of hydrogen-bond donors (Lipinski definition) is 0. The van der Waals surface area contributed by atoms with Crippen LogP contribution in [0, 0.1) is 5.92 Å². The Morgan fingerprint density at radius 2 is 1.41 bits per heavy atom. The molecule has 0 radical (unpaired) electrons. The molecule has 0 fully saturated rings. The average Bonchev–Trinajstić information content (AvgIpc) is 2.27. The van der Waals surface area contributed by atoms with Crippen LogP contribution in [0.3, 0.4) is 0 Å². The van der Waals surface area contributed by atoms with E-state index >= 15 is 0 Å². The zero-order valence-corrected chi connectivity index (χ0v) is 12.4. The molecule has 0 aromatic heterocycles. The van der Waals surface area contributed by atoms with Gasteiger partial charge in [-0.1, -0.05) is 13.8 Å². The Hall–Kier alpha value is -0.433. The number of hydrogen-bond acceptors (Lipinski definition) is 5. The largest absolute Gasteiger partial charge is 0.540 e. The van der Waals surface area contributed by atoms with Crippen molar-refractivity contribution in [2.24, 2.45) is 5.92 Å². The van der Waals surface area contributed by atoms with Crippen molar-refractivity contribution < 1.29 is 22.8 Å². The lowest BCUT2D eigenvalue weighted by atomic mass is 10.2. The maximum atomic E-state index is 11.4. The molecule has 0 amide bonds. The van der Waals surface area contributed by atoms with Crippen LogP contribution >= 0.6 is 0 Å². The molecule has 0 rings (SSSR count). The lowest BCUT2D eigenvalue weighted by Crippen LogP contribution is -2.51. The van der Waals surface area contributed by atoms with E-state index in [1.54, 1.807) is 13.8 Å². The number of carbonyl (C=O) groups is 1. The smallest absolute Gasteiger partial charge is 0.461 e. The minimum absolute atomic E-state index is 0.0829. The summed E-state index contributed by atoms with van der Waals surface area (Å²) in [4.78, 5) is 11.4. The van der Waals surface area contributed by atoms with Crippen molar-refractivity contribution in [1.82, 2.24) is 0 Å². The normalized spacial score (nSPS) is 11.9. The van der Waals surface area contributed by atoms with Gasteiger partial charge in [-0.2, -0.15) is 0 Å². The standard InChI is InChI=1S/C11H24O5Si/c1-6-14-17(15-7-2,16-8-3)9-13-11(12)10(4)5/h10H,6-9H2,1-5H3. The van der Waals surface area contributed by atoms with Crippen LogP contribution in [-0.4, -0.2) is 40.8 Å². The Bertz CT molecular complexity index is 203. The molecule has 5 nitrogen and oxygen atoms in total. The van der Waals surface area contributed by atoms with Crippen LogP contribution in [0.2, 0.25) is 0 Å². The van der Waals surface area contributed by atoms with Gasteiger partial charge in [0.15, 0.2) is 6.23 Å². The first-order chi connectivity index (χ1) is 8.01. The molecular formula is C11H24O5Si.